The molecule has 0 saturated heterocycles. The van der Waals surface area contributed by atoms with Crippen molar-refractivity contribution in [2.45, 2.75) is 26.3 Å². The number of amides is 1. The van der Waals surface area contributed by atoms with E-state index >= 15 is 0 Å². The SMILES string of the molecule is CC[C@H](C)[C@H](NCC(=O)Nc1ccccc1Oc1ccccc1)C(=O)O. The van der Waals surface area contributed by atoms with E-state index in [1.807, 2.05) is 50.2 Å². The summed E-state index contributed by atoms with van der Waals surface area (Å²) < 4.78 is 5.80. The smallest absolute Gasteiger partial charge is 0.320 e. The topological polar surface area (TPSA) is 87.7 Å². The van der Waals surface area contributed by atoms with Crippen LogP contribution < -0.4 is 15.4 Å². The molecule has 2 atom stereocenters. The number of carbonyl (C=O) groups excluding carboxylic acids is 1. The van der Waals surface area contributed by atoms with Crippen LogP contribution in [0.3, 0.4) is 0 Å². The summed E-state index contributed by atoms with van der Waals surface area (Å²) in [4.78, 5) is 23.5. The Kier molecular flexibility index (Phi) is 7.17. The van der Waals surface area contributed by atoms with Crippen molar-refractivity contribution in [3.63, 3.8) is 0 Å². The quantitative estimate of drug-likeness (QED) is 0.640. The molecule has 0 aliphatic heterocycles. The molecule has 2 aromatic carbocycles. The molecule has 3 N–H and O–H groups in total. The Morgan fingerprint density at radius 1 is 1.08 bits per heavy atom. The van der Waals surface area contributed by atoms with Crippen LogP contribution in [0.4, 0.5) is 5.69 Å². The molecular weight excluding hydrogens is 332 g/mol. The van der Waals surface area contributed by atoms with Crippen molar-refractivity contribution in [3.05, 3.63) is 54.6 Å². The van der Waals surface area contributed by atoms with E-state index in [2.05, 4.69) is 10.6 Å². The van der Waals surface area contributed by atoms with Gasteiger partial charge in [-0.1, -0.05) is 50.6 Å². The van der Waals surface area contributed by atoms with Crippen molar-refractivity contribution >= 4 is 17.6 Å². The highest BCUT2D eigenvalue weighted by Crippen LogP contribution is 2.28. The van der Waals surface area contributed by atoms with Crippen molar-refractivity contribution in [1.82, 2.24) is 5.32 Å². The van der Waals surface area contributed by atoms with Crippen LogP contribution >= 0.6 is 0 Å². The monoisotopic (exact) mass is 356 g/mol. The number of hydrogen-bond acceptors (Lipinski definition) is 4. The molecule has 0 saturated carbocycles. The Labute approximate surface area is 153 Å². The maximum absolute atomic E-state index is 12.2. The van der Waals surface area contributed by atoms with Gasteiger partial charge in [0.2, 0.25) is 5.91 Å². The molecular formula is C20H24N2O4. The van der Waals surface area contributed by atoms with Crippen molar-refractivity contribution in [2.75, 3.05) is 11.9 Å². The van der Waals surface area contributed by atoms with Crippen molar-refractivity contribution < 1.29 is 19.4 Å². The molecule has 6 heteroatoms. The number of aliphatic carboxylic acids is 1. The molecule has 0 spiro atoms. The number of anilines is 1. The van der Waals surface area contributed by atoms with Gasteiger partial charge in [0, 0.05) is 0 Å². The number of ether oxygens (including phenoxy) is 1. The number of benzene rings is 2. The van der Waals surface area contributed by atoms with Gasteiger partial charge in [-0.15, -0.1) is 0 Å². The molecule has 0 aromatic heterocycles. The van der Waals surface area contributed by atoms with Gasteiger partial charge in [0.1, 0.15) is 11.8 Å². The molecule has 0 heterocycles. The lowest BCUT2D eigenvalue weighted by Gasteiger charge is -2.20. The molecule has 0 unspecified atom stereocenters. The summed E-state index contributed by atoms with van der Waals surface area (Å²) in [6.45, 7) is 3.66. The van der Waals surface area contributed by atoms with Crippen LogP contribution in [0.2, 0.25) is 0 Å². The van der Waals surface area contributed by atoms with Crippen LogP contribution in [0.1, 0.15) is 20.3 Å². The molecule has 26 heavy (non-hydrogen) atoms. The highest BCUT2D eigenvalue weighted by Gasteiger charge is 2.23. The zero-order chi connectivity index (χ0) is 18.9. The lowest BCUT2D eigenvalue weighted by Crippen LogP contribution is -2.45. The average molecular weight is 356 g/mol. The van der Waals surface area contributed by atoms with Crippen LogP contribution in [0.25, 0.3) is 0 Å². The summed E-state index contributed by atoms with van der Waals surface area (Å²) in [6.07, 6.45) is 0.708. The third-order valence-corrected chi connectivity index (χ3v) is 4.09. The first-order chi connectivity index (χ1) is 12.5. The molecule has 0 aliphatic rings. The maximum Gasteiger partial charge on any atom is 0.320 e. The largest absolute Gasteiger partial charge is 0.480 e. The highest BCUT2D eigenvalue weighted by molar-refractivity contribution is 5.94. The fourth-order valence-electron chi connectivity index (χ4n) is 2.44. The molecule has 1 amide bonds. The molecule has 0 fully saturated rings. The lowest BCUT2D eigenvalue weighted by atomic mass is 9.99. The van der Waals surface area contributed by atoms with Crippen LogP contribution in [-0.4, -0.2) is 29.6 Å². The normalized spacial score (nSPS) is 12.8. The summed E-state index contributed by atoms with van der Waals surface area (Å²) in [5.41, 5.74) is 0.526. The number of carboxylic acid groups (broad SMARTS) is 1. The first kappa shape index (κ1) is 19.5. The van der Waals surface area contributed by atoms with E-state index in [0.717, 1.165) is 0 Å². The van der Waals surface area contributed by atoms with Gasteiger partial charge < -0.3 is 15.2 Å². The zero-order valence-corrected chi connectivity index (χ0v) is 14.9. The summed E-state index contributed by atoms with van der Waals surface area (Å²) in [5, 5.41) is 14.8. The summed E-state index contributed by atoms with van der Waals surface area (Å²) in [5.74, 6) is -0.184. The van der Waals surface area contributed by atoms with Gasteiger partial charge >= 0.3 is 5.97 Å². The second-order valence-electron chi connectivity index (χ2n) is 6.04. The van der Waals surface area contributed by atoms with E-state index < -0.39 is 12.0 Å². The Hall–Kier alpha value is -2.86. The number of nitrogens with one attached hydrogen (secondary N) is 2. The number of carboxylic acids is 1. The predicted octanol–water partition coefficient (Wildman–Crippen LogP) is 3.51. The molecule has 2 rings (SSSR count). The Balaban J connectivity index is 2.00. The van der Waals surface area contributed by atoms with Gasteiger partial charge in [-0.2, -0.15) is 0 Å². The molecule has 6 nitrogen and oxygen atoms in total. The lowest BCUT2D eigenvalue weighted by molar-refractivity contribution is -0.140. The molecule has 2 aromatic rings. The van der Waals surface area contributed by atoms with E-state index in [9.17, 15) is 14.7 Å². The number of para-hydroxylation sites is 3. The third kappa shape index (κ3) is 5.60. The Morgan fingerprint density at radius 2 is 1.73 bits per heavy atom. The van der Waals surface area contributed by atoms with Gasteiger partial charge in [0.05, 0.1) is 12.2 Å². The number of rotatable bonds is 9. The minimum absolute atomic E-state index is 0.0750. The molecule has 0 bridgehead atoms. The highest BCUT2D eigenvalue weighted by atomic mass is 16.5. The molecule has 138 valence electrons. The Morgan fingerprint density at radius 3 is 2.38 bits per heavy atom. The second-order valence-corrected chi connectivity index (χ2v) is 6.04. The Bertz CT molecular complexity index is 734. The predicted molar refractivity (Wildman–Crippen MR) is 100 cm³/mol. The van der Waals surface area contributed by atoms with E-state index in [-0.39, 0.29) is 18.4 Å². The first-order valence-electron chi connectivity index (χ1n) is 8.59. The van der Waals surface area contributed by atoms with Crippen LogP contribution in [0, 0.1) is 5.92 Å². The number of carbonyl (C=O) groups is 2. The van der Waals surface area contributed by atoms with Crippen molar-refractivity contribution in [2.24, 2.45) is 5.92 Å². The molecule has 0 aliphatic carbocycles. The summed E-state index contributed by atoms with van der Waals surface area (Å²) >= 11 is 0. The van der Waals surface area contributed by atoms with Crippen LogP contribution in [0.15, 0.2) is 54.6 Å². The van der Waals surface area contributed by atoms with Gasteiger partial charge in [-0.25, -0.2) is 0 Å². The summed E-state index contributed by atoms with van der Waals surface area (Å²) in [6, 6.07) is 15.6. The van der Waals surface area contributed by atoms with Crippen LogP contribution in [0.5, 0.6) is 11.5 Å². The van der Waals surface area contributed by atoms with Crippen molar-refractivity contribution in [1.29, 1.82) is 0 Å². The van der Waals surface area contributed by atoms with Gasteiger partial charge in [0.25, 0.3) is 0 Å². The maximum atomic E-state index is 12.2. The van der Waals surface area contributed by atoms with Crippen molar-refractivity contribution in [3.8, 4) is 11.5 Å². The van der Waals surface area contributed by atoms with E-state index in [1.165, 1.54) is 0 Å². The fourth-order valence-corrected chi connectivity index (χ4v) is 2.44. The van der Waals surface area contributed by atoms with Gasteiger partial charge in [-0.05, 0) is 30.2 Å². The first-order valence-corrected chi connectivity index (χ1v) is 8.59. The van der Waals surface area contributed by atoms with Gasteiger partial charge in [-0.3, -0.25) is 14.9 Å². The van der Waals surface area contributed by atoms with Crippen LogP contribution in [-0.2, 0) is 9.59 Å². The van der Waals surface area contributed by atoms with E-state index in [0.29, 0.717) is 23.6 Å². The van der Waals surface area contributed by atoms with E-state index in [4.69, 9.17) is 4.74 Å². The third-order valence-electron chi connectivity index (χ3n) is 4.09. The number of hydrogen-bond donors (Lipinski definition) is 3. The minimum atomic E-state index is -0.958. The summed E-state index contributed by atoms with van der Waals surface area (Å²) in [7, 11) is 0. The standard InChI is InChI=1S/C20H24N2O4/c1-3-14(2)19(20(24)25)21-13-18(23)22-16-11-7-8-12-17(16)26-15-9-5-4-6-10-15/h4-12,14,19,21H,3,13H2,1-2H3,(H,22,23)(H,24,25)/t14-,19-/m0/s1. The zero-order valence-electron chi connectivity index (χ0n) is 14.9. The fraction of sp³-hybridized carbons (Fsp3) is 0.300. The van der Waals surface area contributed by atoms with Gasteiger partial charge in [0.15, 0.2) is 5.75 Å². The molecule has 0 radical (unpaired) electrons. The second kappa shape index (κ2) is 9.58. The minimum Gasteiger partial charge on any atom is -0.480 e. The van der Waals surface area contributed by atoms with E-state index in [1.54, 1.807) is 18.2 Å². The average Bonchev–Trinajstić information content (AvgIpc) is 2.64.